The normalized spacial score (nSPS) is 11.6. The van der Waals surface area contributed by atoms with Gasteiger partial charge in [-0.05, 0) is 24.1 Å². The van der Waals surface area contributed by atoms with Crippen LogP contribution in [0, 0.1) is 0 Å². The van der Waals surface area contributed by atoms with Gasteiger partial charge in [0, 0.05) is 22.2 Å². The van der Waals surface area contributed by atoms with Gasteiger partial charge in [0.15, 0.2) is 0 Å². The van der Waals surface area contributed by atoms with Gasteiger partial charge in [-0.15, -0.1) is 11.3 Å². The molecule has 0 spiro atoms. The van der Waals surface area contributed by atoms with E-state index in [2.05, 4.69) is 62.3 Å². The summed E-state index contributed by atoms with van der Waals surface area (Å²) in [6, 6.07) is 8.60. The van der Waals surface area contributed by atoms with Crippen LogP contribution in [0.1, 0.15) is 43.1 Å². The molecule has 0 aliphatic carbocycles. The lowest BCUT2D eigenvalue weighted by atomic mass is 9.98. The van der Waals surface area contributed by atoms with Crippen molar-refractivity contribution in [2.24, 2.45) is 0 Å². The largest absolute Gasteiger partial charge is 0.380 e. The molecule has 2 nitrogen and oxygen atoms in total. The molecule has 0 atom stereocenters. The summed E-state index contributed by atoms with van der Waals surface area (Å²) >= 11 is 1.80. The van der Waals surface area contributed by atoms with Gasteiger partial charge in [-0.25, -0.2) is 4.98 Å². The summed E-state index contributed by atoms with van der Waals surface area (Å²) < 4.78 is 0. The molecule has 0 bridgehead atoms. The highest BCUT2D eigenvalue weighted by Gasteiger charge is 2.17. The first kappa shape index (κ1) is 14.1. The van der Waals surface area contributed by atoms with Crippen molar-refractivity contribution in [3.05, 3.63) is 45.9 Å². The van der Waals surface area contributed by atoms with E-state index in [9.17, 15) is 0 Å². The first-order valence-corrected chi connectivity index (χ1v) is 7.58. The fourth-order valence-electron chi connectivity index (χ4n) is 1.83. The Labute approximate surface area is 119 Å². The fourth-order valence-corrected chi connectivity index (χ4v) is 2.74. The second kappa shape index (κ2) is 5.74. The lowest BCUT2D eigenvalue weighted by Crippen LogP contribution is -2.09. The second-order valence-corrected chi connectivity index (χ2v) is 6.90. The zero-order valence-corrected chi connectivity index (χ0v) is 13.0. The SMILES string of the molecule is CCc1cccc(NCc2cnc(C(C)(C)C)s2)c1. The molecule has 1 aromatic carbocycles. The van der Waals surface area contributed by atoms with Crippen molar-refractivity contribution in [1.29, 1.82) is 0 Å². The summed E-state index contributed by atoms with van der Waals surface area (Å²) in [5.41, 5.74) is 2.69. The van der Waals surface area contributed by atoms with Gasteiger partial charge < -0.3 is 5.32 Å². The molecule has 0 aliphatic rings. The summed E-state index contributed by atoms with van der Waals surface area (Å²) in [6.45, 7) is 9.63. The van der Waals surface area contributed by atoms with E-state index in [1.807, 2.05) is 6.20 Å². The topological polar surface area (TPSA) is 24.9 Å². The van der Waals surface area contributed by atoms with Gasteiger partial charge in [0.1, 0.15) is 0 Å². The predicted octanol–water partition coefficient (Wildman–Crippen LogP) is 4.62. The Morgan fingerprint density at radius 1 is 1.26 bits per heavy atom. The molecule has 0 saturated carbocycles. The Morgan fingerprint density at radius 3 is 2.68 bits per heavy atom. The lowest BCUT2D eigenvalue weighted by Gasteiger charge is -2.13. The van der Waals surface area contributed by atoms with Crippen LogP contribution in [0.15, 0.2) is 30.5 Å². The van der Waals surface area contributed by atoms with E-state index in [1.54, 1.807) is 11.3 Å². The third-order valence-corrected chi connectivity index (χ3v) is 4.42. The molecule has 1 aromatic heterocycles. The Kier molecular flexibility index (Phi) is 4.25. The van der Waals surface area contributed by atoms with Crippen LogP contribution in [0.2, 0.25) is 0 Å². The molecule has 3 heteroatoms. The molecule has 0 unspecified atom stereocenters. The van der Waals surface area contributed by atoms with Crippen LogP contribution in [0.3, 0.4) is 0 Å². The number of thiazole rings is 1. The van der Waals surface area contributed by atoms with Crippen LogP contribution in [-0.4, -0.2) is 4.98 Å². The number of benzene rings is 1. The van der Waals surface area contributed by atoms with Crippen molar-refractivity contribution in [3.8, 4) is 0 Å². The number of hydrogen-bond acceptors (Lipinski definition) is 3. The van der Waals surface area contributed by atoms with Crippen LogP contribution in [-0.2, 0) is 18.4 Å². The van der Waals surface area contributed by atoms with Crippen molar-refractivity contribution in [2.75, 3.05) is 5.32 Å². The summed E-state index contributed by atoms with van der Waals surface area (Å²) in [6.07, 6.45) is 3.06. The molecule has 1 heterocycles. The van der Waals surface area contributed by atoms with Crippen LogP contribution in [0.5, 0.6) is 0 Å². The first-order valence-electron chi connectivity index (χ1n) is 6.77. The minimum atomic E-state index is 0.144. The molecule has 2 rings (SSSR count). The highest BCUT2D eigenvalue weighted by molar-refractivity contribution is 7.11. The summed E-state index contributed by atoms with van der Waals surface area (Å²) in [5, 5.41) is 4.67. The quantitative estimate of drug-likeness (QED) is 0.880. The summed E-state index contributed by atoms with van der Waals surface area (Å²) in [5.74, 6) is 0. The number of nitrogens with zero attached hydrogens (tertiary/aromatic N) is 1. The molecular weight excluding hydrogens is 252 g/mol. The van der Waals surface area contributed by atoms with Crippen LogP contribution < -0.4 is 5.32 Å². The first-order chi connectivity index (χ1) is 8.99. The van der Waals surface area contributed by atoms with E-state index < -0.39 is 0 Å². The van der Waals surface area contributed by atoms with E-state index in [0.29, 0.717) is 0 Å². The number of hydrogen-bond donors (Lipinski definition) is 1. The Hall–Kier alpha value is -1.35. The molecule has 0 saturated heterocycles. The van der Waals surface area contributed by atoms with Gasteiger partial charge >= 0.3 is 0 Å². The Balaban J connectivity index is 2.00. The second-order valence-electron chi connectivity index (χ2n) is 5.79. The van der Waals surface area contributed by atoms with Crippen molar-refractivity contribution in [3.63, 3.8) is 0 Å². The molecule has 0 radical (unpaired) electrons. The van der Waals surface area contributed by atoms with Crippen molar-refractivity contribution < 1.29 is 0 Å². The van der Waals surface area contributed by atoms with Gasteiger partial charge in [-0.2, -0.15) is 0 Å². The minimum absolute atomic E-state index is 0.144. The maximum atomic E-state index is 4.51. The molecular formula is C16H22N2S. The van der Waals surface area contributed by atoms with Crippen LogP contribution in [0.4, 0.5) is 5.69 Å². The molecule has 2 aromatic rings. The molecule has 102 valence electrons. The maximum absolute atomic E-state index is 4.51. The van der Waals surface area contributed by atoms with Gasteiger partial charge in [-0.3, -0.25) is 0 Å². The Morgan fingerprint density at radius 2 is 2.05 bits per heavy atom. The summed E-state index contributed by atoms with van der Waals surface area (Å²) in [7, 11) is 0. The number of rotatable bonds is 4. The summed E-state index contributed by atoms with van der Waals surface area (Å²) in [4.78, 5) is 5.80. The van der Waals surface area contributed by atoms with Crippen LogP contribution >= 0.6 is 11.3 Å². The van der Waals surface area contributed by atoms with E-state index in [1.165, 1.54) is 21.1 Å². The standard InChI is InChI=1S/C16H22N2S/c1-5-12-7-6-8-13(9-12)17-10-14-11-18-15(19-14)16(2,3)4/h6-9,11,17H,5,10H2,1-4H3. The number of nitrogens with one attached hydrogen (secondary N) is 1. The highest BCUT2D eigenvalue weighted by Crippen LogP contribution is 2.27. The van der Waals surface area contributed by atoms with Gasteiger partial charge in [0.25, 0.3) is 0 Å². The fraction of sp³-hybridized carbons (Fsp3) is 0.438. The lowest BCUT2D eigenvalue weighted by molar-refractivity contribution is 0.585. The van der Waals surface area contributed by atoms with Crippen LogP contribution in [0.25, 0.3) is 0 Å². The average molecular weight is 274 g/mol. The molecule has 0 amide bonds. The van der Waals surface area contributed by atoms with Gasteiger partial charge in [0.05, 0.1) is 11.6 Å². The maximum Gasteiger partial charge on any atom is 0.0981 e. The monoisotopic (exact) mass is 274 g/mol. The van der Waals surface area contributed by atoms with E-state index in [-0.39, 0.29) is 5.41 Å². The zero-order chi connectivity index (χ0) is 13.9. The van der Waals surface area contributed by atoms with E-state index in [0.717, 1.165) is 13.0 Å². The van der Waals surface area contributed by atoms with Gasteiger partial charge in [-0.1, -0.05) is 39.8 Å². The van der Waals surface area contributed by atoms with Crippen molar-refractivity contribution in [2.45, 2.75) is 46.1 Å². The zero-order valence-electron chi connectivity index (χ0n) is 12.2. The van der Waals surface area contributed by atoms with E-state index in [4.69, 9.17) is 0 Å². The predicted molar refractivity (Wildman–Crippen MR) is 84.0 cm³/mol. The molecule has 0 aliphatic heterocycles. The third-order valence-electron chi connectivity index (χ3n) is 3.00. The third kappa shape index (κ3) is 3.80. The van der Waals surface area contributed by atoms with Crippen molar-refractivity contribution >= 4 is 17.0 Å². The van der Waals surface area contributed by atoms with Gasteiger partial charge in [0.2, 0.25) is 0 Å². The number of aromatic nitrogens is 1. The number of anilines is 1. The molecule has 0 fully saturated rings. The number of aryl methyl sites for hydroxylation is 1. The Bertz CT molecular complexity index is 538. The molecule has 1 N–H and O–H groups in total. The minimum Gasteiger partial charge on any atom is -0.380 e. The van der Waals surface area contributed by atoms with E-state index >= 15 is 0 Å². The smallest absolute Gasteiger partial charge is 0.0981 e. The highest BCUT2D eigenvalue weighted by atomic mass is 32.1. The van der Waals surface area contributed by atoms with Crippen molar-refractivity contribution in [1.82, 2.24) is 4.98 Å². The molecule has 19 heavy (non-hydrogen) atoms. The average Bonchev–Trinajstić information content (AvgIpc) is 2.85.